The monoisotopic (exact) mass is 399 g/mol. The van der Waals surface area contributed by atoms with E-state index in [1.807, 2.05) is 54.3 Å². The van der Waals surface area contributed by atoms with Crippen LogP contribution in [0.25, 0.3) is 5.78 Å². The van der Waals surface area contributed by atoms with Crippen molar-refractivity contribution in [3.05, 3.63) is 41.2 Å². The lowest BCUT2D eigenvalue weighted by Crippen LogP contribution is -2.31. The minimum absolute atomic E-state index is 0.0413. The molecule has 28 heavy (non-hydrogen) atoms. The highest BCUT2D eigenvalue weighted by Gasteiger charge is 2.18. The van der Waals surface area contributed by atoms with Crippen molar-refractivity contribution in [1.82, 2.24) is 24.5 Å². The molecule has 3 aromatic rings. The first-order valence-corrected chi connectivity index (χ1v) is 10.0. The first-order valence-electron chi connectivity index (χ1n) is 9.03. The molecule has 1 aromatic carbocycles. The fraction of sp³-hybridized carbons (Fsp3) is 0.368. The summed E-state index contributed by atoms with van der Waals surface area (Å²) >= 11 is 1.37. The molecule has 1 aliphatic heterocycles. The summed E-state index contributed by atoms with van der Waals surface area (Å²) < 4.78 is 12.6. The van der Waals surface area contributed by atoms with Gasteiger partial charge in [-0.05, 0) is 44.5 Å². The number of fused-ring (bicyclic) bond motifs is 2. The van der Waals surface area contributed by atoms with E-state index in [9.17, 15) is 4.79 Å². The number of hydrogen-bond acceptors (Lipinski definition) is 7. The summed E-state index contributed by atoms with van der Waals surface area (Å²) in [6.07, 6.45) is 0. The molecule has 1 amide bonds. The van der Waals surface area contributed by atoms with E-state index in [4.69, 9.17) is 9.47 Å². The Hall–Kier alpha value is -2.81. The van der Waals surface area contributed by atoms with E-state index in [1.165, 1.54) is 11.8 Å². The second-order valence-electron chi connectivity index (χ2n) is 6.54. The fourth-order valence-electron chi connectivity index (χ4n) is 3.15. The summed E-state index contributed by atoms with van der Waals surface area (Å²) in [4.78, 5) is 18.9. The Labute approximate surface area is 166 Å². The number of ether oxygens (including phenoxy) is 2. The highest BCUT2D eigenvalue weighted by Crippen LogP contribution is 2.32. The molecule has 3 heterocycles. The van der Waals surface area contributed by atoms with Gasteiger partial charge in [0.1, 0.15) is 0 Å². The average Bonchev–Trinajstić information content (AvgIpc) is 3.30. The Morgan fingerprint density at radius 2 is 2.04 bits per heavy atom. The number of amides is 1. The number of aryl methyl sites for hydroxylation is 2. The summed E-state index contributed by atoms with van der Waals surface area (Å²) in [6, 6.07) is 7.74. The number of carbonyl (C=O) groups excluding carboxylic acids is 1. The number of thioether (sulfide) groups is 1. The quantitative estimate of drug-likeness (QED) is 0.589. The maximum Gasteiger partial charge on any atom is 0.256 e. The fourth-order valence-corrected chi connectivity index (χ4v) is 4.04. The zero-order valence-corrected chi connectivity index (χ0v) is 16.8. The van der Waals surface area contributed by atoms with E-state index < -0.39 is 0 Å². The molecular weight excluding hydrogens is 378 g/mol. The molecular formula is C19H21N5O3S. The Morgan fingerprint density at radius 3 is 2.86 bits per heavy atom. The predicted molar refractivity (Wildman–Crippen MR) is 105 cm³/mol. The van der Waals surface area contributed by atoms with Gasteiger partial charge in [-0.25, -0.2) is 4.98 Å². The van der Waals surface area contributed by atoms with Crippen LogP contribution < -0.4 is 9.47 Å². The van der Waals surface area contributed by atoms with Crippen LogP contribution in [0.4, 0.5) is 0 Å². The van der Waals surface area contributed by atoms with Crippen molar-refractivity contribution >= 4 is 23.4 Å². The van der Waals surface area contributed by atoms with Crippen LogP contribution in [0, 0.1) is 13.8 Å². The largest absolute Gasteiger partial charge is 0.454 e. The lowest BCUT2D eigenvalue weighted by atomic mass is 10.2. The number of nitrogens with zero attached hydrogens (tertiary/aromatic N) is 5. The number of benzene rings is 1. The molecule has 0 atom stereocenters. The highest BCUT2D eigenvalue weighted by atomic mass is 32.2. The minimum Gasteiger partial charge on any atom is -0.454 e. The van der Waals surface area contributed by atoms with Crippen molar-refractivity contribution < 1.29 is 14.3 Å². The normalized spacial score (nSPS) is 12.5. The topological polar surface area (TPSA) is 81.9 Å². The maximum absolute atomic E-state index is 12.8. The molecule has 0 saturated heterocycles. The SMILES string of the molecule is CCN(Cc1ccc2c(c1)OCO2)C(=O)CSc1nnc2nc(C)cc(C)n12. The average molecular weight is 399 g/mol. The highest BCUT2D eigenvalue weighted by molar-refractivity contribution is 7.99. The molecule has 0 radical (unpaired) electrons. The second kappa shape index (κ2) is 7.67. The Bertz CT molecular complexity index is 1040. The number of aromatic nitrogens is 4. The zero-order chi connectivity index (χ0) is 19.7. The van der Waals surface area contributed by atoms with Crippen LogP contribution in [0.5, 0.6) is 11.5 Å². The van der Waals surface area contributed by atoms with Gasteiger partial charge in [-0.3, -0.25) is 9.20 Å². The van der Waals surface area contributed by atoms with Crippen LogP contribution in [-0.2, 0) is 11.3 Å². The number of rotatable bonds is 6. The van der Waals surface area contributed by atoms with Gasteiger partial charge in [-0.15, -0.1) is 10.2 Å². The third kappa shape index (κ3) is 3.62. The van der Waals surface area contributed by atoms with E-state index in [2.05, 4.69) is 15.2 Å². The van der Waals surface area contributed by atoms with Gasteiger partial charge in [-0.2, -0.15) is 0 Å². The standard InChI is InChI=1S/C19H21N5O3S/c1-4-23(9-14-5-6-15-16(8-14)27-11-26-15)17(25)10-28-19-22-21-18-20-12(2)7-13(3)24(18)19/h5-8H,4,9-11H2,1-3H3. The van der Waals surface area contributed by atoms with Gasteiger partial charge >= 0.3 is 0 Å². The molecule has 0 bridgehead atoms. The molecule has 0 aliphatic carbocycles. The van der Waals surface area contributed by atoms with Crippen molar-refractivity contribution in [2.75, 3.05) is 19.1 Å². The second-order valence-corrected chi connectivity index (χ2v) is 7.48. The van der Waals surface area contributed by atoms with Crippen LogP contribution in [-0.4, -0.2) is 49.5 Å². The minimum atomic E-state index is 0.0413. The molecule has 0 spiro atoms. The smallest absolute Gasteiger partial charge is 0.256 e. The lowest BCUT2D eigenvalue weighted by Gasteiger charge is -2.21. The summed E-state index contributed by atoms with van der Waals surface area (Å²) in [5, 5.41) is 8.98. The van der Waals surface area contributed by atoms with Gasteiger partial charge in [0.05, 0.1) is 5.75 Å². The molecule has 2 aromatic heterocycles. The third-order valence-electron chi connectivity index (χ3n) is 4.53. The summed E-state index contributed by atoms with van der Waals surface area (Å²) in [5.74, 6) is 2.35. The van der Waals surface area contributed by atoms with Crippen molar-refractivity contribution in [2.45, 2.75) is 32.5 Å². The van der Waals surface area contributed by atoms with Gasteiger partial charge in [0.2, 0.25) is 12.7 Å². The van der Waals surface area contributed by atoms with Crippen molar-refractivity contribution in [1.29, 1.82) is 0 Å². The van der Waals surface area contributed by atoms with E-state index in [0.717, 1.165) is 28.5 Å². The first kappa shape index (κ1) is 18.5. The van der Waals surface area contributed by atoms with Crippen molar-refractivity contribution in [3.8, 4) is 11.5 Å². The molecule has 1 aliphatic rings. The van der Waals surface area contributed by atoms with Gasteiger partial charge in [-0.1, -0.05) is 17.8 Å². The van der Waals surface area contributed by atoms with E-state index in [1.54, 1.807) is 0 Å². The van der Waals surface area contributed by atoms with E-state index >= 15 is 0 Å². The van der Waals surface area contributed by atoms with Crippen LogP contribution in [0.15, 0.2) is 29.4 Å². The molecule has 146 valence electrons. The van der Waals surface area contributed by atoms with Gasteiger partial charge < -0.3 is 14.4 Å². The Morgan fingerprint density at radius 1 is 1.21 bits per heavy atom. The Kier molecular flexibility index (Phi) is 5.08. The van der Waals surface area contributed by atoms with Crippen LogP contribution in [0.1, 0.15) is 23.9 Å². The van der Waals surface area contributed by atoms with Crippen molar-refractivity contribution in [2.24, 2.45) is 0 Å². The molecule has 8 nitrogen and oxygen atoms in total. The summed E-state index contributed by atoms with van der Waals surface area (Å²) in [5.41, 5.74) is 2.90. The summed E-state index contributed by atoms with van der Waals surface area (Å²) in [6.45, 7) is 7.26. The van der Waals surface area contributed by atoms with Gasteiger partial charge in [0, 0.05) is 24.5 Å². The van der Waals surface area contributed by atoms with E-state index in [-0.39, 0.29) is 18.5 Å². The zero-order valence-electron chi connectivity index (χ0n) is 16.0. The first-order chi connectivity index (χ1) is 13.5. The van der Waals surface area contributed by atoms with Gasteiger partial charge in [0.25, 0.3) is 5.78 Å². The molecule has 4 rings (SSSR count). The molecule has 9 heteroatoms. The van der Waals surface area contributed by atoms with E-state index in [0.29, 0.717) is 24.0 Å². The molecule has 0 saturated carbocycles. The summed E-state index contributed by atoms with van der Waals surface area (Å²) in [7, 11) is 0. The van der Waals surface area contributed by atoms with Crippen LogP contribution >= 0.6 is 11.8 Å². The number of carbonyl (C=O) groups is 1. The predicted octanol–water partition coefficient (Wildman–Crippen LogP) is 2.61. The Balaban J connectivity index is 1.44. The van der Waals surface area contributed by atoms with Crippen molar-refractivity contribution in [3.63, 3.8) is 0 Å². The third-order valence-corrected chi connectivity index (χ3v) is 5.45. The molecule has 0 fully saturated rings. The molecule has 0 N–H and O–H groups in total. The lowest BCUT2D eigenvalue weighted by molar-refractivity contribution is -0.128. The van der Waals surface area contributed by atoms with Gasteiger partial charge in [0.15, 0.2) is 16.7 Å². The number of hydrogen-bond donors (Lipinski definition) is 0. The van der Waals surface area contributed by atoms with Crippen LogP contribution in [0.2, 0.25) is 0 Å². The van der Waals surface area contributed by atoms with Crippen LogP contribution in [0.3, 0.4) is 0 Å². The molecule has 0 unspecified atom stereocenters. The maximum atomic E-state index is 12.8.